The Morgan fingerprint density at radius 2 is 1.79 bits per heavy atom. The number of nitrogens with zero attached hydrogens (tertiary/aromatic N) is 2. The van der Waals surface area contributed by atoms with Gasteiger partial charge in [-0.25, -0.2) is 8.42 Å². The maximum Gasteiger partial charge on any atom is 0.254 e. The molecule has 3 rings (SSSR count). The molecule has 0 aromatic heterocycles. The number of nitrogens with one attached hydrogen (secondary N) is 1. The summed E-state index contributed by atoms with van der Waals surface area (Å²) < 4.78 is 26.9. The van der Waals surface area contributed by atoms with Gasteiger partial charge < -0.3 is 10.2 Å². The Labute approximate surface area is 165 Å². The highest BCUT2D eigenvalue weighted by molar-refractivity contribution is 7.89. The average molecular weight is 401 g/mol. The number of hydrogen-bond donors (Lipinski definition) is 1. The van der Waals surface area contributed by atoms with E-state index in [-0.39, 0.29) is 23.3 Å². The van der Waals surface area contributed by atoms with Gasteiger partial charge in [-0.2, -0.15) is 4.31 Å². The first-order chi connectivity index (χ1) is 13.3. The summed E-state index contributed by atoms with van der Waals surface area (Å²) in [6.07, 6.45) is 0. The van der Waals surface area contributed by atoms with Gasteiger partial charge in [-0.15, -0.1) is 0 Å². The molecule has 1 saturated heterocycles. The van der Waals surface area contributed by atoms with Gasteiger partial charge in [-0.1, -0.05) is 30.3 Å². The summed E-state index contributed by atoms with van der Waals surface area (Å²) in [5.74, 6) is -0.481. The highest BCUT2D eigenvalue weighted by Crippen LogP contribution is 2.19. The van der Waals surface area contributed by atoms with Gasteiger partial charge in [-0.05, 0) is 36.8 Å². The van der Waals surface area contributed by atoms with Crippen LogP contribution >= 0.6 is 0 Å². The van der Waals surface area contributed by atoms with Gasteiger partial charge in [-0.3, -0.25) is 9.59 Å². The molecule has 28 heavy (non-hydrogen) atoms. The van der Waals surface area contributed by atoms with Crippen LogP contribution in [0, 0.1) is 0 Å². The minimum atomic E-state index is -3.68. The van der Waals surface area contributed by atoms with Crippen LogP contribution in [0.4, 0.5) is 0 Å². The molecule has 1 N–H and O–H groups in total. The zero-order valence-corrected chi connectivity index (χ0v) is 16.6. The highest BCUT2D eigenvalue weighted by Gasteiger charge is 2.30. The zero-order valence-electron chi connectivity index (χ0n) is 15.8. The number of carbonyl (C=O) groups is 2. The van der Waals surface area contributed by atoms with Crippen LogP contribution in [0.2, 0.25) is 0 Å². The van der Waals surface area contributed by atoms with E-state index in [2.05, 4.69) is 5.32 Å². The van der Waals surface area contributed by atoms with Crippen LogP contribution in [0.1, 0.15) is 22.8 Å². The number of hydrogen-bond acceptors (Lipinski definition) is 4. The molecule has 7 nitrogen and oxygen atoms in total. The summed E-state index contributed by atoms with van der Waals surface area (Å²) in [6, 6.07) is 14.6. The Morgan fingerprint density at radius 1 is 1.14 bits per heavy atom. The smallest absolute Gasteiger partial charge is 0.254 e. The fourth-order valence-corrected chi connectivity index (χ4v) is 4.26. The Morgan fingerprint density at radius 3 is 2.43 bits per heavy atom. The zero-order chi connectivity index (χ0) is 20.3. The quantitative estimate of drug-likeness (QED) is 0.822. The van der Waals surface area contributed by atoms with E-state index in [1.807, 2.05) is 30.3 Å². The molecule has 2 amide bonds. The number of piperazine rings is 1. The van der Waals surface area contributed by atoms with Crippen LogP contribution in [0.15, 0.2) is 59.5 Å². The predicted octanol–water partition coefficient (Wildman–Crippen LogP) is 1.47. The first-order valence-corrected chi connectivity index (χ1v) is 10.4. The van der Waals surface area contributed by atoms with E-state index >= 15 is 0 Å². The number of rotatable bonds is 5. The first-order valence-electron chi connectivity index (χ1n) is 8.99. The molecule has 0 spiro atoms. The van der Waals surface area contributed by atoms with Crippen molar-refractivity contribution >= 4 is 21.8 Å². The monoisotopic (exact) mass is 401 g/mol. The van der Waals surface area contributed by atoms with Gasteiger partial charge >= 0.3 is 0 Å². The summed E-state index contributed by atoms with van der Waals surface area (Å²) in [6.45, 7) is 2.76. The van der Waals surface area contributed by atoms with E-state index in [4.69, 9.17) is 0 Å². The fourth-order valence-electron chi connectivity index (χ4n) is 3.10. The molecule has 0 saturated carbocycles. The summed E-state index contributed by atoms with van der Waals surface area (Å²) in [5.41, 5.74) is 1.24. The van der Waals surface area contributed by atoms with E-state index in [0.29, 0.717) is 18.7 Å². The summed E-state index contributed by atoms with van der Waals surface area (Å²) in [5, 5.41) is 2.71. The third kappa shape index (κ3) is 4.07. The van der Waals surface area contributed by atoms with E-state index < -0.39 is 16.1 Å². The van der Waals surface area contributed by atoms with Crippen LogP contribution in [0.25, 0.3) is 0 Å². The summed E-state index contributed by atoms with van der Waals surface area (Å²) in [4.78, 5) is 26.0. The molecule has 1 aliphatic heterocycles. The lowest BCUT2D eigenvalue weighted by molar-refractivity contribution is -0.127. The molecule has 8 heteroatoms. The molecule has 2 aromatic carbocycles. The fraction of sp³-hybridized carbons (Fsp3) is 0.300. The standard InChI is InChI=1S/C20H23N3O4S/c1-15-19(24)21-12-13-23(15)20(25)17-8-10-18(11-9-17)28(26,27)22(2)14-16-6-4-3-5-7-16/h3-11,15H,12-14H2,1-2H3,(H,21,24). The van der Waals surface area contributed by atoms with Gasteiger partial charge in [0, 0.05) is 32.2 Å². The predicted molar refractivity (Wildman–Crippen MR) is 105 cm³/mol. The molecule has 0 aliphatic carbocycles. The van der Waals surface area contributed by atoms with E-state index in [1.54, 1.807) is 6.92 Å². The minimum absolute atomic E-state index is 0.118. The number of carbonyl (C=O) groups excluding carboxylic acids is 2. The Bertz CT molecular complexity index is 959. The van der Waals surface area contributed by atoms with Crippen LogP contribution in [-0.4, -0.2) is 55.6 Å². The average Bonchev–Trinajstić information content (AvgIpc) is 2.70. The van der Waals surface area contributed by atoms with E-state index in [9.17, 15) is 18.0 Å². The molecule has 1 fully saturated rings. The van der Waals surface area contributed by atoms with Crippen LogP contribution in [0.3, 0.4) is 0 Å². The van der Waals surface area contributed by atoms with Gasteiger partial charge in [0.25, 0.3) is 5.91 Å². The molecule has 148 valence electrons. The maximum absolute atomic E-state index is 12.8. The second kappa shape index (κ2) is 8.12. The van der Waals surface area contributed by atoms with E-state index in [1.165, 1.54) is 40.5 Å². The van der Waals surface area contributed by atoms with Crippen molar-refractivity contribution in [1.82, 2.24) is 14.5 Å². The van der Waals surface area contributed by atoms with Crippen molar-refractivity contribution in [2.75, 3.05) is 20.1 Å². The molecular weight excluding hydrogens is 378 g/mol. The molecule has 2 aromatic rings. The van der Waals surface area contributed by atoms with Gasteiger partial charge in [0.1, 0.15) is 6.04 Å². The van der Waals surface area contributed by atoms with Gasteiger partial charge in [0.05, 0.1) is 4.90 Å². The van der Waals surface area contributed by atoms with Crippen molar-refractivity contribution in [1.29, 1.82) is 0 Å². The topological polar surface area (TPSA) is 86.8 Å². The Kier molecular flexibility index (Phi) is 5.81. The molecule has 0 radical (unpaired) electrons. The number of sulfonamides is 1. The SMILES string of the molecule is CC1C(=O)NCCN1C(=O)c1ccc(S(=O)(=O)N(C)Cc2ccccc2)cc1. The molecule has 1 unspecified atom stereocenters. The summed E-state index contributed by atoms with van der Waals surface area (Å²) in [7, 11) is -2.16. The van der Waals surface area contributed by atoms with Crippen LogP contribution < -0.4 is 5.32 Å². The Hall–Kier alpha value is -2.71. The summed E-state index contributed by atoms with van der Waals surface area (Å²) >= 11 is 0. The van der Waals surface area contributed by atoms with Crippen molar-refractivity contribution in [3.05, 3.63) is 65.7 Å². The van der Waals surface area contributed by atoms with Crippen molar-refractivity contribution in [3.8, 4) is 0 Å². The molecular formula is C20H23N3O4S. The third-order valence-electron chi connectivity index (χ3n) is 4.82. The maximum atomic E-state index is 12.8. The largest absolute Gasteiger partial charge is 0.353 e. The third-order valence-corrected chi connectivity index (χ3v) is 6.63. The van der Waals surface area contributed by atoms with Crippen molar-refractivity contribution in [3.63, 3.8) is 0 Å². The van der Waals surface area contributed by atoms with Crippen molar-refractivity contribution < 1.29 is 18.0 Å². The number of benzene rings is 2. The van der Waals surface area contributed by atoms with Crippen LogP contribution in [-0.2, 0) is 21.4 Å². The lowest BCUT2D eigenvalue weighted by atomic mass is 10.1. The second-order valence-electron chi connectivity index (χ2n) is 6.74. The minimum Gasteiger partial charge on any atom is -0.353 e. The molecule has 1 aliphatic rings. The first kappa shape index (κ1) is 20.0. The lowest BCUT2D eigenvalue weighted by Gasteiger charge is -2.32. The van der Waals surface area contributed by atoms with E-state index in [0.717, 1.165) is 5.56 Å². The van der Waals surface area contributed by atoms with Crippen LogP contribution in [0.5, 0.6) is 0 Å². The Balaban J connectivity index is 1.75. The number of amides is 2. The van der Waals surface area contributed by atoms with Gasteiger partial charge in [0.2, 0.25) is 15.9 Å². The highest BCUT2D eigenvalue weighted by atomic mass is 32.2. The molecule has 0 bridgehead atoms. The van der Waals surface area contributed by atoms with Gasteiger partial charge in [0.15, 0.2) is 0 Å². The lowest BCUT2D eigenvalue weighted by Crippen LogP contribution is -2.55. The second-order valence-corrected chi connectivity index (χ2v) is 8.78. The normalized spacial score (nSPS) is 17.5. The van der Waals surface area contributed by atoms with Crippen molar-refractivity contribution in [2.45, 2.75) is 24.4 Å². The van der Waals surface area contributed by atoms with Crippen molar-refractivity contribution in [2.24, 2.45) is 0 Å². The molecule has 1 atom stereocenters. The molecule has 1 heterocycles.